The zero-order valence-corrected chi connectivity index (χ0v) is 22.7. The molecule has 1 unspecified atom stereocenters. The third-order valence-electron chi connectivity index (χ3n) is 6.67. The van der Waals surface area contributed by atoms with Crippen LogP contribution in [-0.2, 0) is 29.2 Å². The van der Waals surface area contributed by atoms with Gasteiger partial charge in [0.15, 0.2) is 9.84 Å². The van der Waals surface area contributed by atoms with Gasteiger partial charge in [-0.25, -0.2) is 27.3 Å². The molecule has 0 aliphatic heterocycles. The smallest absolute Gasteiger partial charge is 0.237 e. The molecule has 39 heavy (non-hydrogen) atoms. The molecule has 0 fully saturated rings. The highest BCUT2D eigenvalue weighted by atomic mass is 32.2. The average molecular weight is 547 g/mol. The molecule has 200 valence electrons. The van der Waals surface area contributed by atoms with E-state index in [2.05, 4.69) is 15.3 Å². The molecular formula is C28H29FN7O2S+. The summed E-state index contributed by atoms with van der Waals surface area (Å²) in [6.45, 7) is 0.491. The summed E-state index contributed by atoms with van der Waals surface area (Å²) < 4.78 is 38.9. The van der Waals surface area contributed by atoms with E-state index in [1.807, 2.05) is 42.9 Å². The van der Waals surface area contributed by atoms with Gasteiger partial charge in [-0.15, -0.1) is 0 Å². The number of aromatic nitrogens is 4. The van der Waals surface area contributed by atoms with Gasteiger partial charge in [-0.05, 0) is 35.9 Å². The number of anilines is 3. The Kier molecular flexibility index (Phi) is 6.79. The fourth-order valence-corrected chi connectivity index (χ4v) is 5.37. The number of hydrogen-bond acceptors (Lipinski definition) is 7. The van der Waals surface area contributed by atoms with Crippen LogP contribution in [0.4, 0.5) is 33.5 Å². The van der Waals surface area contributed by atoms with Gasteiger partial charge in [-0.1, -0.05) is 24.3 Å². The van der Waals surface area contributed by atoms with E-state index in [9.17, 15) is 12.8 Å². The molecule has 1 atom stereocenters. The van der Waals surface area contributed by atoms with Gasteiger partial charge >= 0.3 is 0 Å². The summed E-state index contributed by atoms with van der Waals surface area (Å²) in [5.41, 5.74) is 11.0. The highest BCUT2D eigenvalue weighted by Gasteiger charge is 2.32. The number of rotatable bonds is 8. The van der Waals surface area contributed by atoms with E-state index in [4.69, 9.17) is 10.7 Å². The number of sulfone groups is 1. The van der Waals surface area contributed by atoms with Gasteiger partial charge in [0.1, 0.15) is 18.0 Å². The Labute approximate surface area is 226 Å². The van der Waals surface area contributed by atoms with E-state index < -0.39 is 9.84 Å². The van der Waals surface area contributed by atoms with Crippen molar-refractivity contribution in [3.05, 3.63) is 95.9 Å². The quantitative estimate of drug-likeness (QED) is 0.268. The van der Waals surface area contributed by atoms with E-state index in [1.165, 1.54) is 18.4 Å². The minimum Gasteiger partial charge on any atom is -0.369 e. The molecule has 0 bridgehead atoms. The molecule has 0 aliphatic rings. The van der Waals surface area contributed by atoms with Crippen molar-refractivity contribution in [1.29, 1.82) is 0 Å². The summed E-state index contributed by atoms with van der Waals surface area (Å²) in [5.74, 6) is 1.19. The zero-order chi connectivity index (χ0) is 27.8. The fraction of sp³-hybridized carbons (Fsp3) is 0.179. The molecule has 11 heteroatoms. The average Bonchev–Trinajstić information content (AvgIpc) is 3.18. The third kappa shape index (κ3) is 5.74. The molecule has 3 aromatic carbocycles. The number of halogens is 1. The van der Waals surface area contributed by atoms with Crippen LogP contribution in [0.2, 0.25) is 0 Å². The van der Waals surface area contributed by atoms with Crippen molar-refractivity contribution in [2.45, 2.75) is 12.3 Å². The number of hydrogen-bond donors (Lipinski definition) is 2. The normalized spacial score (nSPS) is 13.3. The summed E-state index contributed by atoms with van der Waals surface area (Å²) in [6.07, 6.45) is 2.89. The molecular weight excluding hydrogens is 517 g/mol. The van der Waals surface area contributed by atoms with Crippen LogP contribution in [0.1, 0.15) is 11.1 Å². The van der Waals surface area contributed by atoms with Crippen molar-refractivity contribution in [2.75, 3.05) is 24.4 Å². The van der Waals surface area contributed by atoms with E-state index in [-0.39, 0.29) is 16.1 Å². The van der Waals surface area contributed by atoms with Crippen LogP contribution in [0.25, 0.3) is 11.0 Å². The van der Waals surface area contributed by atoms with Crippen molar-refractivity contribution in [2.24, 2.45) is 7.05 Å². The minimum absolute atomic E-state index is 0.0231. The van der Waals surface area contributed by atoms with Gasteiger partial charge in [0, 0.05) is 49.0 Å². The van der Waals surface area contributed by atoms with E-state index in [1.54, 1.807) is 42.6 Å². The first-order chi connectivity index (χ1) is 18.5. The summed E-state index contributed by atoms with van der Waals surface area (Å²) in [7, 11) is 0.778. The lowest BCUT2D eigenvalue weighted by Crippen LogP contribution is -2.39. The van der Waals surface area contributed by atoms with E-state index in [0.717, 1.165) is 28.0 Å². The lowest BCUT2D eigenvalue weighted by atomic mass is 10.1. The predicted octanol–water partition coefficient (Wildman–Crippen LogP) is 4.84. The summed E-state index contributed by atoms with van der Waals surface area (Å²) in [6, 6.07) is 21.4. The molecule has 0 saturated carbocycles. The predicted molar refractivity (Wildman–Crippen MR) is 153 cm³/mol. The maximum atomic E-state index is 13.7. The van der Waals surface area contributed by atoms with Crippen LogP contribution in [-0.4, -0.2) is 41.2 Å². The molecule has 2 heterocycles. The molecule has 3 N–H and O–H groups in total. The van der Waals surface area contributed by atoms with Gasteiger partial charge in [-0.2, -0.15) is 4.98 Å². The number of benzene rings is 3. The molecule has 0 saturated heterocycles. The highest BCUT2D eigenvalue weighted by molar-refractivity contribution is 7.89. The summed E-state index contributed by atoms with van der Waals surface area (Å²) in [4.78, 5) is 13.7. The Balaban J connectivity index is 1.52. The maximum absolute atomic E-state index is 13.7. The lowest BCUT2D eigenvalue weighted by molar-refractivity contribution is 0.439. The Morgan fingerprint density at radius 2 is 1.67 bits per heavy atom. The SMILES string of the molecule is Cn1c(N)nc2cc([N+](C)(Cc3ccc(F)cc3)c3ccnc(Nc4ccc(CS(C)(=O)=O)cc4)n3)ccc21. The summed E-state index contributed by atoms with van der Waals surface area (Å²) >= 11 is 0. The Morgan fingerprint density at radius 3 is 2.36 bits per heavy atom. The number of imidazole rings is 1. The number of fused-ring (bicyclic) bond motifs is 1. The standard InChI is InChI=1S/C28H29FN7O2S/c1-35-25-13-12-23(16-24(25)33-27(35)30)36(2,17-19-4-8-21(29)9-5-19)26-14-15-31-28(34-26)32-22-10-6-20(7-11-22)18-39(3,37)38/h4-16H,17-18H2,1-3H3,(H2,30,33)(H,31,32,34)/q+1. The molecule has 0 aliphatic carbocycles. The number of nitrogens with one attached hydrogen (secondary N) is 1. The number of nitrogens with zero attached hydrogens (tertiary/aromatic N) is 5. The number of aryl methyl sites for hydroxylation is 1. The van der Waals surface area contributed by atoms with Gasteiger partial charge in [0.2, 0.25) is 17.7 Å². The van der Waals surface area contributed by atoms with Crippen molar-refractivity contribution < 1.29 is 12.8 Å². The Bertz CT molecular complexity index is 1750. The molecule has 2 aromatic heterocycles. The molecule has 0 radical (unpaired) electrons. The lowest BCUT2D eigenvalue weighted by Gasteiger charge is -2.32. The van der Waals surface area contributed by atoms with Crippen LogP contribution in [0, 0.1) is 5.82 Å². The minimum atomic E-state index is -3.12. The number of nitrogen functional groups attached to an aromatic ring is 1. The number of quaternary nitrogens is 1. The van der Waals surface area contributed by atoms with Crippen LogP contribution < -0.4 is 15.5 Å². The second-order valence-electron chi connectivity index (χ2n) is 9.81. The fourth-order valence-electron chi connectivity index (χ4n) is 4.57. The largest absolute Gasteiger partial charge is 0.369 e. The third-order valence-corrected chi connectivity index (χ3v) is 7.52. The van der Waals surface area contributed by atoms with Crippen LogP contribution in [0.3, 0.4) is 0 Å². The molecule has 0 spiro atoms. The van der Waals surface area contributed by atoms with Crippen molar-refractivity contribution >= 4 is 50.0 Å². The van der Waals surface area contributed by atoms with Crippen molar-refractivity contribution in [3.63, 3.8) is 0 Å². The Morgan fingerprint density at radius 1 is 0.974 bits per heavy atom. The first kappa shape index (κ1) is 26.3. The number of nitrogens with two attached hydrogens (primary N) is 1. The van der Waals surface area contributed by atoms with Crippen LogP contribution >= 0.6 is 0 Å². The van der Waals surface area contributed by atoms with E-state index in [0.29, 0.717) is 29.8 Å². The zero-order valence-electron chi connectivity index (χ0n) is 21.8. The first-order valence-corrected chi connectivity index (χ1v) is 14.3. The van der Waals surface area contributed by atoms with Crippen LogP contribution in [0.15, 0.2) is 79.0 Å². The monoisotopic (exact) mass is 546 g/mol. The second-order valence-corrected chi connectivity index (χ2v) is 11.9. The van der Waals surface area contributed by atoms with Crippen molar-refractivity contribution in [1.82, 2.24) is 24.0 Å². The van der Waals surface area contributed by atoms with Gasteiger partial charge in [-0.3, -0.25) is 0 Å². The van der Waals surface area contributed by atoms with Gasteiger partial charge in [0.05, 0.1) is 23.8 Å². The van der Waals surface area contributed by atoms with E-state index >= 15 is 0 Å². The highest BCUT2D eigenvalue weighted by Crippen LogP contribution is 2.36. The van der Waals surface area contributed by atoms with Crippen molar-refractivity contribution in [3.8, 4) is 0 Å². The Hall–Kier alpha value is -4.35. The van der Waals surface area contributed by atoms with Crippen LogP contribution in [0.5, 0.6) is 0 Å². The topological polar surface area (TPSA) is 116 Å². The molecule has 0 amide bonds. The second kappa shape index (κ2) is 10.1. The first-order valence-electron chi connectivity index (χ1n) is 12.2. The van der Waals surface area contributed by atoms with Gasteiger partial charge in [0.25, 0.3) is 0 Å². The molecule has 5 rings (SSSR count). The molecule has 5 aromatic rings. The molecule has 9 nitrogen and oxygen atoms in total. The van der Waals surface area contributed by atoms with Gasteiger partial charge < -0.3 is 15.6 Å². The summed E-state index contributed by atoms with van der Waals surface area (Å²) in [5, 5.41) is 3.21. The maximum Gasteiger partial charge on any atom is 0.237 e.